The molecule has 0 aliphatic carbocycles. The summed E-state index contributed by atoms with van der Waals surface area (Å²) in [5.74, 6) is 0.472. The standard InChI is InChI=1S/C14H22N2O2/c1-14(2,3)12(13(15)17)16-9-10-7-5-6-8-11(10)18-4/h5-8,12,16H,9H2,1-4H3,(H2,15,17)/t12-/m0/s1. The Morgan fingerprint density at radius 2 is 2.00 bits per heavy atom. The summed E-state index contributed by atoms with van der Waals surface area (Å²) in [5.41, 5.74) is 6.22. The van der Waals surface area contributed by atoms with Crippen LogP contribution in [0.1, 0.15) is 26.3 Å². The van der Waals surface area contributed by atoms with Gasteiger partial charge < -0.3 is 15.8 Å². The predicted octanol–water partition coefficient (Wildman–Crippen LogP) is 1.68. The van der Waals surface area contributed by atoms with Crippen molar-refractivity contribution in [3.63, 3.8) is 0 Å². The number of nitrogens with two attached hydrogens (primary N) is 1. The van der Waals surface area contributed by atoms with Crippen LogP contribution in [0.5, 0.6) is 5.75 Å². The number of hydrogen-bond donors (Lipinski definition) is 2. The highest BCUT2D eigenvalue weighted by Crippen LogP contribution is 2.21. The van der Waals surface area contributed by atoms with E-state index >= 15 is 0 Å². The normalized spacial score (nSPS) is 13.1. The lowest BCUT2D eigenvalue weighted by Gasteiger charge is -2.29. The molecule has 0 heterocycles. The summed E-state index contributed by atoms with van der Waals surface area (Å²) in [5, 5.41) is 3.20. The van der Waals surface area contributed by atoms with Crippen LogP contribution < -0.4 is 15.8 Å². The van der Waals surface area contributed by atoms with Gasteiger partial charge in [0.15, 0.2) is 0 Å². The fourth-order valence-corrected chi connectivity index (χ4v) is 1.89. The van der Waals surface area contributed by atoms with Crippen molar-refractivity contribution in [2.75, 3.05) is 7.11 Å². The smallest absolute Gasteiger partial charge is 0.235 e. The largest absolute Gasteiger partial charge is 0.496 e. The number of methoxy groups -OCH3 is 1. The van der Waals surface area contributed by atoms with E-state index in [-0.39, 0.29) is 17.4 Å². The number of hydrogen-bond acceptors (Lipinski definition) is 3. The maximum Gasteiger partial charge on any atom is 0.235 e. The Labute approximate surface area is 109 Å². The molecule has 3 N–H and O–H groups in total. The molecule has 4 heteroatoms. The first-order valence-electron chi connectivity index (χ1n) is 6.01. The second-order valence-electron chi connectivity index (χ2n) is 5.39. The van der Waals surface area contributed by atoms with E-state index in [1.165, 1.54) is 0 Å². The molecule has 4 nitrogen and oxygen atoms in total. The lowest BCUT2D eigenvalue weighted by molar-refractivity contribution is -0.122. The number of nitrogens with one attached hydrogen (secondary N) is 1. The molecule has 0 radical (unpaired) electrons. The Morgan fingerprint density at radius 1 is 1.39 bits per heavy atom. The van der Waals surface area contributed by atoms with Gasteiger partial charge in [0.25, 0.3) is 0 Å². The summed E-state index contributed by atoms with van der Waals surface area (Å²) in [6.07, 6.45) is 0. The van der Waals surface area contributed by atoms with Crippen molar-refractivity contribution in [2.24, 2.45) is 11.1 Å². The van der Waals surface area contributed by atoms with Gasteiger partial charge in [-0.2, -0.15) is 0 Å². The predicted molar refractivity (Wildman–Crippen MR) is 72.3 cm³/mol. The molecule has 1 aromatic carbocycles. The SMILES string of the molecule is COc1ccccc1CN[C@@H](C(N)=O)C(C)(C)C. The summed E-state index contributed by atoms with van der Waals surface area (Å²) < 4.78 is 5.27. The molecule has 0 bridgehead atoms. The van der Waals surface area contributed by atoms with Gasteiger partial charge in [0, 0.05) is 12.1 Å². The van der Waals surface area contributed by atoms with Crippen LogP contribution in [0.4, 0.5) is 0 Å². The van der Waals surface area contributed by atoms with Crippen molar-refractivity contribution >= 4 is 5.91 Å². The molecule has 0 saturated carbocycles. The second-order valence-corrected chi connectivity index (χ2v) is 5.39. The molecule has 0 saturated heterocycles. The summed E-state index contributed by atoms with van der Waals surface area (Å²) in [6, 6.07) is 7.34. The Balaban J connectivity index is 2.77. The van der Waals surface area contributed by atoms with Gasteiger partial charge in [0.2, 0.25) is 5.91 Å². The van der Waals surface area contributed by atoms with Crippen LogP contribution in [-0.4, -0.2) is 19.1 Å². The highest BCUT2D eigenvalue weighted by atomic mass is 16.5. The molecule has 0 aliphatic rings. The quantitative estimate of drug-likeness (QED) is 0.835. The molecule has 1 atom stereocenters. The van der Waals surface area contributed by atoms with Crippen LogP contribution in [0.15, 0.2) is 24.3 Å². The number of benzene rings is 1. The van der Waals surface area contributed by atoms with E-state index < -0.39 is 0 Å². The third-order valence-corrected chi connectivity index (χ3v) is 2.84. The zero-order valence-electron chi connectivity index (χ0n) is 11.5. The van der Waals surface area contributed by atoms with E-state index in [0.717, 1.165) is 11.3 Å². The lowest BCUT2D eigenvalue weighted by Crippen LogP contribution is -2.49. The molecule has 0 fully saturated rings. The first-order chi connectivity index (χ1) is 8.36. The highest BCUT2D eigenvalue weighted by Gasteiger charge is 2.29. The Hall–Kier alpha value is -1.55. The minimum atomic E-state index is -0.373. The number of carbonyl (C=O) groups is 1. The summed E-state index contributed by atoms with van der Waals surface area (Å²) in [4.78, 5) is 11.5. The molecule has 1 amide bonds. The Morgan fingerprint density at radius 3 is 2.50 bits per heavy atom. The average Bonchev–Trinajstić information content (AvgIpc) is 2.27. The Kier molecular flexibility index (Phi) is 4.73. The number of primary amides is 1. The van der Waals surface area contributed by atoms with Gasteiger partial charge in [-0.05, 0) is 11.5 Å². The topological polar surface area (TPSA) is 64.3 Å². The van der Waals surface area contributed by atoms with Gasteiger partial charge in [0.1, 0.15) is 5.75 Å². The third kappa shape index (κ3) is 3.74. The first-order valence-corrected chi connectivity index (χ1v) is 6.01. The van der Waals surface area contributed by atoms with Gasteiger partial charge in [-0.25, -0.2) is 0 Å². The van der Waals surface area contributed by atoms with Crippen LogP contribution in [0.2, 0.25) is 0 Å². The minimum absolute atomic E-state index is 0.214. The molecular formula is C14H22N2O2. The van der Waals surface area contributed by atoms with Crippen LogP contribution in [0.25, 0.3) is 0 Å². The number of carbonyl (C=O) groups excluding carboxylic acids is 1. The van der Waals surface area contributed by atoms with E-state index in [1.54, 1.807) is 7.11 Å². The van der Waals surface area contributed by atoms with Gasteiger partial charge in [-0.15, -0.1) is 0 Å². The monoisotopic (exact) mass is 250 g/mol. The first kappa shape index (κ1) is 14.5. The summed E-state index contributed by atoms with van der Waals surface area (Å²) in [6.45, 7) is 6.50. The van der Waals surface area contributed by atoms with Crippen molar-refractivity contribution in [1.82, 2.24) is 5.32 Å². The number of rotatable bonds is 5. The van der Waals surface area contributed by atoms with Gasteiger partial charge in [-0.3, -0.25) is 4.79 Å². The molecule has 0 spiro atoms. The molecular weight excluding hydrogens is 228 g/mol. The fourth-order valence-electron chi connectivity index (χ4n) is 1.89. The van der Waals surface area contributed by atoms with Gasteiger partial charge in [0.05, 0.1) is 13.2 Å². The molecule has 1 aromatic rings. The molecule has 0 aromatic heterocycles. The zero-order chi connectivity index (χ0) is 13.8. The molecule has 0 aliphatic heterocycles. The third-order valence-electron chi connectivity index (χ3n) is 2.84. The summed E-state index contributed by atoms with van der Waals surface area (Å²) >= 11 is 0. The molecule has 0 unspecified atom stereocenters. The number of ether oxygens (including phenoxy) is 1. The van der Waals surface area contributed by atoms with Crippen molar-refractivity contribution in [3.8, 4) is 5.75 Å². The average molecular weight is 250 g/mol. The maximum atomic E-state index is 11.5. The Bertz CT molecular complexity index is 411. The van der Waals surface area contributed by atoms with Gasteiger partial charge >= 0.3 is 0 Å². The lowest BCUT2D eigenvalue weighted by atomic mass is 9.86. The zero-order valence-corrected chi connectivity index (χ0v) is 11.5. The molecule has 1 rings (SSSR count). The van der Waals surface area contributed by atoms with E-state index in [4.69, 9.17) is 10.5 Å². The van der Waals surface area contributed by atoms with E-state index in [0.29, 0.717) is 6.54 Å². The molecule has 18 heavy (non-hydrogen) atoms. The minimum Gasteiger partial charge on any atom is -0.496 e. The van der Waals surface area contributed by atoms with Crippen LogP contribution in [0, 0.1) is 5.41 Å². The van der Waals surface area contributed by atoms with Crippen molar-refractivity contribution in [2.45, 2.75) is 33.4 Å². The van der Waals surface area contributed by atoms with Crippen LogP contribution >= 0.6 is 0 Å². The highest BCUT2D eigenvalue weighted by molar-refractivity contribution is 5.80. The van der Waals surface area contributed by atoms with E-state index in [2.05, 4.69) is 5.32 Å². The van der Waals surface area contributed by atoms with Crippen molar-refractivity contribution in [1.29, 1.82) is 0 Å². The van der Waals surface area contributed by atoms with Crippen molar-refractivity contribution < 1.29 is 9.53 Å². The van der Waals surface area contributed by atoms with E-state index in [9.17, 15) is 4.79 Å². The van der Waals surface area contributed by atoms with Crippen LogP contribution in [-0.2, 0) is 11.3 Å². The fraction of sp³-hybridized carbons (Fsp3) is 0.500. The second kappa shape index (κ2) is 5.87. The maximum absolute atomic E-state index is 11.5. The van der Waals surface area contributed by atoms with Crippen molar-refractivity contribution in [3.05, 3.63) is 29.8 Å². The summed E-state index contributed by atoms with van der Waals surface area (Å²) in [7, 11) is 1.63. The molecule has 100 valence electrons. The van der Waals surface area contributed by atoms with Crippen LogP contribution in [0.3, 0.4) is 0 Å². The van der Waals surface area contributed by atoms with E-state index in [1.807, 2.05) is 45.0 Å². The van der Waals surface area contributed by atoms with Gasteiger partial charge in [-0.1, -0.05) is 39.0 Å². The number of para-hydroxylation sites is 1. The number of amides is 1.